The fraction of sp³-hybridized carbons (Fsp3) is 0.200. The van der Waals surface area contributed by atoms with Gasteiger partial charge in [0.1, 0.15) is 0 Å². The lowest BCUT2D eigenvalue weighted by molar-refractivity contribution is 0.804. The van der Waals surface area contributed by atoms with Crippen molar-refractivity contribution in [2.24, 2.45) is 5.73 Å². The van der Waals surface area contributed by atoms with E-state index in [-0.39, 0.29) is 6.04 Å². The molecule has 0 aliphatic rings. The minimum atomic E-state index is 0.0971. The van der Waals surface area contributed by atoms with Crippen LogP contribution in [0.2, 0.25) is 0 Å². The van der Waals surface area contributed by atoms with Crippen LogP contribution in [-0.2, 0) is 6.42 Å². The first-order valence-electron chi connectivity index (χ1n) is 5.64. The summed E-state index contributed by atoms with van der Waals surface area (Å²) in [4.78, 5) is 0. The summed E-state index contributed by atoms with van der Waals surface area (Å²) in [7, 11) is 0. The van der Waals surface area contributed by atoms with Crippen LogP contribution < -0.4 is 5.73 Å². The maximum atomic E-state index is 5.97. The molecule has 2 aromatic carbocycles. The molecule has 0 bridgehead atoms. The molecule has 0 aromatic heterocycles. The molecule has 0 radical (unpaired) electrons. The van der Waals surface area contributed by atoms with E-state index >= 15 is 0 Å². The molecule has 0 spiro atoms. The van der Waals surface area contributed by atoms with E-state index < -0.39 is 0 Å². The maximum Gasteiger partial charge on any atom is 0.0268 e. The highest BCUT2D eigenvalue weighted by atomic mass is 14.6. The summed E-state index contributed by atoms with van der Waals surface area (Å²) in [5, 5.41) is 0. The van der Waals surface area contributed by atoms with Crippen LogP contribution in [0.4, 0.5) is 0 Å². The number of hydrogen-bond acceptors (Lipinski definition) is 1. The van der Waals surface area contributed by atoms with Crippen molar-refractivity contribution in [3.05, 3.63) is 71.3 Å². The first-order chi connectivity index (χ1) is 7.77. The van der Waals surface area contributed by atoms with Crippen LogP contribution in [0.15, 0.2) is 54.6 Å². The molecule has 1 atom stereocenters. The van der Waals surface area contributed by atoms with Crippen molar-refractivity contribution >= 4 is 0 Å². The third kappa shape index (κ3) is 2.50. The normalized spacial score (nSPS) is 12.4. The van der Waals surface area contributed by atoms with Crippen LogP contribution in [0.3, 0.4) is 0 Å². The summed E-state index contributed by atoms with van der Waals surface area (Å²) in [6.07, 6.45) is 0.957. The lowest BCUT2D eigenvalue weighted by atomic mass is 9.96. The van der Waals surface area contributed by atoms with Crippen LogP contribution in [0.5, 0.6) is 0 Å². The van der Waals surface area contributed by atoms with E-state index in [4.69, 9.17) is 5.73 Å². The fourth-order valence-electron chi connectivity index (χ4n) is 1.96. The van der Waals surface area contributed by atoms with E-state index in [2.05, 4.69) is 42.5 Å². The Morgan fingerprint density at radius 2 is 1.56 bits per heavy atom. The van der Waals surface area contributed by atoms with Crippen LogP contribution in [-0.4, -0.2) is 0 Å². The van der Waals surface area contributed by atoms with Gasteiger partial charge in [-0.05, 0) is 30.0 Å². The summed E-state index contributed by atoms with van der Waals surface area (Å²) in [5.41, 5.74) is 9.86. The SMILES string of the molecule is C[C@H](N)c1ccccc1Cc1ccccc1. The molecule has 0 aliphatic heterocycles. The third-order valence-corrected chi connectivity index (χ3v) is 2.78. The Morgan fingerprint density at radius 3 is 2.25 bits per heavy atom. The number of benzene rings is 2. The van der Waals surface area contributed by atoms with Crippen molar-refractivity contribution in [2.75, 3.05) is 0 Å². The second-order valence-corrected chi connectivity index (χ2v) is 4.15. The summed E-state index contributed by atoms with van der Waals surface area (Å²) in [5.74, 6) is 0. The molecule has 1 heteroatoms. The lowest BCUT2D eigenvalue weighted by Gasteiger charge is -2.12. The van der Waals surface area contributed by atoms with E-state index in [1.165, 1.54) is 16.7 Å². The van der Waals surface area contributed by atoms with Crippen molar-refractivity contribution in [1.29, 1.82) is 0 Å². The van der Waals surface area contributed by atoms with Gasteiger partial charge in [0.05, 0.1) is 0 Å². The van der Waals surface area contributed by atoms with E-state index in [9.17, 15) is 0 Å². The van der Waals surface area contributed by atoms with Crippen molar-refractivity contribution in [3.8, 4) is 0 Å². The zero-order valence-electron chi connectivity index (χ0n) is 9.56. The summed E-state index contributed by atoms with van der Waals surface area (Å²) in [6.45, 7) is 2.03. The second kappa shape index (κ2) is 4.95. The van der Waals surface area contributed by atoms with Gasteiger partial charge in [-0.15, -0.1) is 0 Å². The molecule has 1 nitrogen and oxygen atoms in total. The zero-order chi connectivity index (χ0) is 11.4. The summed E-state index contributed by atoms with van der Waals surface area (Å²) in [6, 6.07) is 19.0. The smallest absolute Gasteiger partial charge is 0.0268 e. The average molecular weight is 211 g/mol. The molecule has 0 heterocycles. The zero-order valence-corrected chi connectivity index (χ0v) is 9.56. The quantitative estimate of drug-likeness (QED) is 0.828. The third-order valence-electron chi connectivity index (χ3n) is 2.78. The second-order valence-electron chi connectivity index (χ2n) is 4.15. The summed E-state index contributed by atoms with van der Waals surface area (Å²) < 4.78 is 0. The summed E-state index contributed by atoms with van der Waals surface area (Å²) >= 11 is 0. The first-order valence-corrected chi connectivity index (χ1v) is 5.64. The number of hydrogen-bond donors (Lipinski definition) is 1. The minimum absolute atomic E-state index is 0.0971. The Labute approximate surface area is 96.9 Å². The predicted octanol–water partition coefficient (Wildman–Crippen LogP) is 3.30. The molecule has 82 valence electrons. The Kier molecular flexibility index (Phi) is 3.37. The molecule has 0 unspecified atom stereocenters. The number of nitrogens with two attached hydrogens (primary N) is 1. The largest absolute Gasteiger partial charge is 0.324 e. The predicted molar refractivity (Wildman–Crippen MR) is 68.3 cm³/mol. The van der Waals surface area contributed by atoms with Crippen LogP contribution >= 0.6 is 0 Å². The van der Waals surface area contributed by atoms with Crippen LogP contribution in [0.25, 0.3) is 0 Å². The fourth-order valence-corrected chi connectivity index (χ4v) is 1.96. The molecular formula is C15H17N. The lowest BCUT2D eigenvalue weighted by Crippen LogP contribution is -2.08. The topological polar surface area (TPSA) is 26.0 Å². The Balaban J connectivity index is 2.28. The van der Waals surface area contributed by atoms with Crippen molar-refractivity contribution in [2.45, 2.75) is 19.4 Å². The van der Waals surface area contributed by atoms with Gasteiger partial charge in [0.15, 0.2) is 0 Å². The molecule has 0 aliphatic carbocycles. The van der Waals surface area contributed by atoms with Gasteiger partial charge < -0.3 is 5.73 Å². The van der Waals surface area contributed by atoms with Crippen LogP contribution in [0, 0.1) is 0 Å². The molecule has 0 amide bonds. The molecule has 0 fully saturated rings. The monoisotopic (exact) mass is 211 g/mol. The highest BCUT2D eigenvalue weighted by molar-refractivity contribution is 5.34. The first kappa shape index (κ1) is 10.9. The molecule has 2 rings (SSSR count). The molecule has 16 heavy (non-hydrogen) atoms. The van der Waals surface area contributed by atoms with Gasteiger partial charge in [-0.3, -0.25) is 0 Å². The molecular weight excluding hydrogens is 194 g/mol. The number of rotatable bonds is 3. The molecule has 0 saturated heterocycles. The highest BCUT2D eigenvalue weighted by Crippen LogP contribution is 2.18. The van der Waals surface area contributed by atoms with Gasteiger partial charge in [-0.25, -0.2) is 0 Å². The van der Waals surface area contributed by atoms with Crippen molar-refractivity contribution < 1.29 is 0 Å². The van der Waals surface area contributed by atoms with Gasteiger partial charge in [-0.2, -0.15) is 0 Å². The van der Waals surface area contributed by atoms with Gasteiger partial charge >= 0.3 is 0 Å². The maximum absolute atomic E-state index is 5.97. The van der Waals surface area contributed by atoms with Gasteiger partial charge in [0.2, 0.25) is 0 Å². The standard InChI is InChI=1S/C15H17N/c1-12(16)15-10-6-5-9-14(15)11-13-7-3-2-4-8-13/h2-10,12H,11,16H2,1H3/t12-/m0/s1. The van der Waals surface area contributed by atoms with Gasteiger partial charge in [-0.1, -0.05) is 54.6 Å². The van der Waals surface area contributed by atoms with Crippen LogP contribution in [0.1, 0.15) is 29.7 Å². The van der Waals surface area contributed by atoms with Gasteiger partial charge in [0, 0.05) is 6.04 Å². The Bertz CT molecular complexity index is 446. The molecule has 2 aromatic rings. The Morgan fingerprint density at radius 1 is 0.938 bits per heavy atom. The van der Waals surface area contributed by atoms with Crippen molar-refractivity contribution in [3.63, 3.8) is 0 Å². The van der Waals surface area contributed by atoms with E-state index in [0.717, 1.165) is 6.42 Å². The molecule has 2 N–H and O–H groups in total. The van der Waals surface area contributed by atoms with Crippen molar-refractivity contribution in [1.82, 2.24) is 0 Å². The van der Waals surface area contributed by atoms with E-state index in [1.54, 1.807) is 0 Å². The highest BCUT2D eigenvalue weighted by Gasteiger charge is 2.05. The minimum Gasteiger partial charge on any atom is -0.324 e. The van der Waals surface area contributed by atoms with E-state index in [0.29, 0.717) is 0 Å². The Hall–Kier alpha value is -1.60. The molecule has 0 saturated carbocycles. The average Bonchev–Trinajstić information content (AvgIpc) is 2.31. The van der Waals surface area contributed by atoms with E-state index in [1.807, 2.05) is 19.1 Å². The van der Waals surface area contributed by atoms with Gasteiger partial charge in [0.25, 0.3) is 0 Å².